The number of halogens is 1. The van der Waals surface area contributed by atoms with Crippen molar-refractivity contribution in [1.29, 1.82) is 0 Å². The normalized spacial score (nSPS) is 12.2. The highest BCUT2D eigenvalue weighted by molar-refractivity contribution is 6.33. The highest BCUT2D eigenvalue weighted by Crippen LogP contribution is 2.26. The van der Waals surface area contributed by atoms with Crippen LogP contribution in [0, 0.1) is 0 Å². The average molecular weight is 273 g/mol. The molecule has 2 aromatic carbocycles. The topological polar surface area (TPSA) is 17.1 Å². The molecule has 0 aliphatic carbocycles. The van der Waals surface area contributed by atoms with Crippen molar-refractivity contribution in [2.45, 2.75) is 26.2 Å². The maximum Gasteiger partial charge on any atom is 0.151 e. The summed E-state index contributed by atoms with van der Waals surface area (Å²) in [6.45, 7) is 4.41. The number of carbonyl (C=O) groups excluding carboxylic acids is 1. The maximum absolute atomic E-state index is 10.9. The third-order valence-electron chi connectivity index (χ3n) is 3.55. The zero-order chi connectivity index (χ0) is 13.8. The third-order valence-corrected chi connectivity index (χ3v) is 3.89. The molecule has 98 valence electrons. The molecule has 0 heterocycles. The Morgan fingerprint density at radius 1 is 1.11 bits per heavy atom. The minimum atomic E-state index is 0.495. The van der Waals surface area contributed by atoms with Gasteiger partial charge in [-0.15, -0.1) is 0 Å². The summed E-state index contributed by atoms with van der Waals surface area (Å²) in [5.74, 6) is 0.574. The van der Waals surface area contributed by atoms with Crippen molar-refractivity contribution in [3.63, 3.8) is 0 Å². The van der Waals surface area contributed by atoms with Crippen LogP contribution in [0.15, 0.2) is 42.5 Å². The molecule has 19 heavy (non-hydrogen) atoms. The van der Waals surface area contributed by atoms with E-state index in [2.05, 4.69) is 38.1 Å². The van der Waals surface area contributed by atoms with Crippen LogP contribution in [0.4, 0.5) is 0 Å². The molecule has 0 radical (unpaired) electrons. The Morgan fingerprint density at radius 3 is 2.32 bits per heavy atom. The van der Waals surface area contributed by atoms with Crippen LogP contribution in [-0.2, 0) is 0 Å². The second-order valence-electron chi connectivity index (χ2n) is 4.79. The molecule has 0 amide bonds. The van der Waals surface area contributed by atoms with Gasteiger partial charge in [0.15, 0.2) is 6.29 Å². The number of rotatable bonds is 4. The van der Waals surface area contributed by atoms with Gasteiger partial charge in [0, 0.05) is 5.56 Å². The molecule has 0 fully saturated rings. The van der Waals surface area contributed by atoms with Gasteiger partial charge < -0.3 is 0 Å². The molecule has 1 nitrogen and oxygen atoms in total. The summed E-state index contributed by atoms with van der Waals surface area (Å²) < 4.78 is 0. The van der Waals surface area contributed by atoms with Gasteiger partial charge in [0.25, 0.3) is 0 Å². The molecule has 0 saturated heterocycles. The van der Waals surface area contributed by atoms with Crippen molar-refractivity contribution < 1.29 is 4.79 Å². The maximum atomic E-state index is 10.9. The van der Waals surface area contributed by atoms with Gasteiger partial charge in [0.1, 0.15) is 0 Å². The Balaban J connectivity index is 2.34. The Bertz CT molecular complexity index is 572. The molecule has 0 aromatic heterocycles. The second kappa shape index (κ2) is 6.03. The predicted molar refractivity (Wildman–Crippen MR) is 81.0 cm³/mol. The summed E-state index contributed by atoms with van der Waals surface area (Å²) in [5, 5.41) is 0.495. The van der Waals surface area contributed by atoms with Crippen LogP contribution >= 0.6 is 11.6 Å². The first kappa shape index (κ1) is 13.8. The lowest BCUT2D eigenvalue weighted by Gasteiger charge is -2.10. The van der Waals surface area contributed by atoms with Crippen LogP contribution in [-0.4, -0.2) is 6.29 Å². The Labute approximate surface area is 119 Å². The van der Waals surface area contributed by atoms with Crippen molar-refractivity contribution >= 4 is 17.9 Å². The average Bonchev–Trinajstić information content (AvgIpc) is 2.47. The zero-order valence-corrected chi connectivity index (χ0v) is 11.9. The summed E-state index contributed by atoms with van der Waals surface area (Å²) in [4.78, 5) is 10.9. The lowest BCUT2D eigenvalue weighted by molar-refractivity contribution is 0.112. The van der Waals surface area contributed by atoms with E-state index < -0.39 is 0 Å². The van der Waals surface area contributed by atoms with E-state index in [1.807, 2.05) is 12.1 Å². The summed E-state index contributed by atoms with van der Waals surface area (Å²) in [6, 6.07) is 14.0. The molecule has 0 spiro atoms. The first-order chi connectivity index (χ1) is 9.15. The van der Waals surface area contributed by atoms with Crippen molar-refractivity contribution in [3.05, 3.63) is 58.6 Å². The Morgan fingerprint density at radius 2 is 1.74 bits per heavy atom. The SMILES string of the molecule is CCC(C)c1ccc(-c2ccc(Cl)c(C=O)c2)cc1. The van der Waals surface area contributed by atoms with E-state index in [0.29, 0.717) is 16.5 Å². The number of hydrogen-bond donors (Lipinski definition) is 0. The van der Waals surface area contributed by atoms with E-state index in [0.717, 1.165) is 23.8 Å². The summed E-state index contributed by atoms with van der Waals surface area (Å²) >= 11 is 5.94. The van der Waals surface area contributed by atoms with Gasteiger partial charge in [-0.05, 0) is 41.2 Å². The van der Waals surface area contributed by atoms with Gasteiger partial charge >= 0.3 is 0 Å². The number of benzene rings is 2. The fraction of sp³-hybridized carbons (Fsp3) is 0.235. The molecule has 0 bridgehead atoms. The van der Waals surface area contributed by atoms with Gasteiger partial charge in [-0.1, -0.05) is 55.8 Å². The molecule has 0 N–H and O–H groups in total. The third kappa shape index (κ3) is 3.05. The molecule has 1 atom stereocenters. The summed E-state index contributed by atoms with van der Waals surface area (Å²) in [6.07, 6.45) is 1.93. The number of hydrogen-bond acceptors (Lipinski definition) is 1. The largest absolute Gasteiger partial charge is 0.298 e. The molecule has 2 aromatic rings. The van der Waals surface area contributed by atoms with Crippen molar-refractivity contribution in [2.75, 3.05) is 0 Å². The molecule has 2 heteroatoms. The lowest BCUT2D eigenvalue weighted by Crippen LogP contribution is -1.91. The van der Waals surface area contributed by atoms with E-state index in [9.17, 15) is 4.79 Å². The predicted octanol–water partition coefficient (Wildman–Crippen LogP) is 5.33. The van der Waals surface area contributed by atoms with E-state index in [4.69, 9.17) is 11.6 Å². The van der Waals surface area contributed by atoms with Crippen molar-refractivity contribution in [2.24, 2.45) is 0 Å². The van der Waals surface area contributed by atoms with Gasteiger partial charge in [-0.2, -0.15) is 0 Å². The monoisotopic (exact) mass is 272 g/mol. The molecular weight excluding hydrogens is 256 g/mol. The highest BCUT2D eigenvalue weighted by Gasteiger charge is 2.05. The molecule has 1 unspecified atom stereocenters. The van der Waals surface area contributed by atoms with E-state index in [-0.39, 0.29) is 0 Å². The van der Waals surface area contributed by atoms with Crippen LogP contribution in [0.25, 0.3) is 11.1 Å². The molecule has 0 aliphatic rings. The minimum Gasteiger partial charge on any atom is -0.298 e. The fourth-order valence-electron chi connectivity index (χ4n) is 2.05. The summed E-state index contributed by atoms with van der Waals surface area (Å²) in [7, 11) is 0. The molecule has 0 aliphatic heterocycles. The van der Waals surface area contributed by atoms with Crippen LogP contribution < -0.4 is 0 Å². The van der Waals surface area contributed by atoms with Crippen LogP contribution in [0.5, 0.6) is 0 Å². The van der Waals surface area contributed by atoms with Crippen LogP contribution in [0.1, 0.15) is 42.1 Å². The second-order valence-corrected chi connectivity index (χ2v) is 5.19. The van der Waals surface area contributed by atoms with Gasteiger partial charge in [-0.3, -0.25) is 4.79 Å². The Kier molecular flexibility index (Phi) is 4.39. The van der Waals surface area contributed by atoms with Gasteiger partial charge in [0.05, 0.1) is 5.02 Å². The van der Waals surface area contributed by atoms with E-state index in [1.165, 1.54) is 5.56 Å². The van der Waals surface area contributed by atoms with Crippen LogP contribution in [0.3, 0.4) is 0 Å². The fourth-order valence-corrected chi connectivity index (χ4v) is 2.22. The zero-order valence-electron chi connectivity index (χ0n) is 11.2. The standard InChI is InChI=1S/C17H17ClO/c1-3-12(2)13-4-6-14(7-5-13)15-8-9-17(18)16(10-15)11-19/h4-12H,3H2,1-2H3. The first-order valence-corrected chi connectivity index (χ1v) is 6.88. The molecular formula is C17H17ClO. The van der Waals surface area contributed by atoms with Crippen molar-refractivity contribution in [3.8, 4) is 11.1 Å². The highest BCUT2D eigenvalue weighted by atomic mass is 35.5. The number of aldehydes is 1. The Hall–Kier alpha value is -1.60. The summed E-state index contributed by atoms with van der Waals surface area (Å²) in [5.41, 5.74) is 4.00. The minimum absolute atomic E-state index is 0.495. The van der Waals surface area contributed by atoms with Gasteiger partial charge in [0.2, 0.25) is 0 Å². The molecule has 2 rings (SSSR count). The lowest BCUT2D eigenvalue weighted by atomic mass is 9.95. The van der Waals surface area contributed by atoms with E-state index in [1.54, 1.807) is 6.07 Å². The smallest absolute Gasteiger partial charge is 0.151 e. The van der Waals surface area contributed by atoms with Crippen LogP contribution in [0.2, 0.25) is 5.02 Å². The quantitative estimate of drug-likeness (QED) is 0.687. The molecule has 0 saturated carbocycles. The first-order valence-electron chi connectivity index (χ1n) is 6.50. The van der Waals surface area contributed by atoms with E-state index >= 15 is 0 Å². The van der Waals surface area contributed by atoms with Crippen molar-refractivity contribution in [1.82, 2.24) is 0 Å². The van der Waals surface area contributed by atoms with Gasteiger partial charge in [-0.25, -0.2) is 0 Å². The number of carbonyl (C=O) groups is 1.